The number of nitrogens with zero attached hydrogens (tertiary/aromatic N) is 4. The van der Waals surface area contributed by atoms with E-state index in [2.05, 4.69) is 27.3 Å². The summed E-state index contributed by atoms with van der Waals surface area (Å²) < 4.78 is 10.8. The molecule has 1 atom stereocenters. The van der Waals surface area contributed by atoms with Crippen molar-refractivity contribution in [2.75, 3.05) is 37.7 Å². The summed E-state index contributed by atoms with van der Waals surface area (Å²) in [5.74, 6) is 0.413. The average Bonchev–Trinajstić information content (AvgIpc) is 3.43. The Labute approximate surface area is 175 Å². The van der Waals surface area contributed by atoms with Crippen LogP contribution in [0.2, 0.25) is 0 Å². The van der Waals surface area contributed by atoms with Crippen molar-refractivity contribution in [3.63, 3.8) is 0 Å². The summed E-state index contributed by atoms with van der Waals surface area (Å²) in [6, 6.07) is 5.74. The average molecular weight is 413 g/mol. The Hall–Kier alpha value is -2.94. The van der Waals surface area contributed by atoms with Gasteiger partial charge in [-0.05, 0) is 50.6 Å². The van der Waals surface area contributed by atoms with Gasteiger partial charge < -0.3 is 19.5 Å². The van der Waals surface area contributed by atoms with E-state index in [9.17, 15) is 9.59 Å². The van der Waals surface area contributed by atoms with E-state index in [0.29, 0.717) is 36.3 Å². The standard InChI is InChI=1S/C21H27N5O4/c1-3-9-26-16-8-7-14(11-17(16)29-13-18(26)27)19-23-21(30-24-19)20(28)22-12-15-6-5-10-25(15)4-2/h7-8,11,15H,3-6,9-10,12-13H2,1-2H3,(H,22,28). The Morgan fingerprint density at radius 3 is 3.00 bits per heavy atom. The lowest BCUT2D eigenvalue weighted by Gasteiger charge is -2.29. The van der Waals surface area contributed by atoms with Gasteiger partial charge in [0, 0.05) is 24.7 Å². The third kappa shape index (κ3) is 4.02. The summed E-state index contributed by atoms with van der Waals surface area (Å²) in [7, 11) is 0. The molecule has 2 aliphatic rings. The van der Waals surface area contributed by atoms with Crippen LogP contribution in [-0.4, -0.2) is 65.7 Å². The lowest BCUT2D eigenvalue weighted by Crippen LogP contribution is -2.40. The molecule has 3 heterocycles. The molecule has 2 aliphatic heterocycles. The van der Waals surface area contributed by atoms with Gasteiger partial charge in [-0.3, -0.25) is 14.5 Å². The van der Waals surface area contributed by atoms with Crippen molar-refractivity contribution < 1.29 is 18.8 Å². The topological polar surface area (TPSA) is 101 Å². The SMILES string of the molecule is CCCN1C(=O)COc2cc(-c3noc(C(=O)NCC4CCCN4CC)n3)ccc21. The van der Waals surface area contributed by atoms with E-state index in [-0.39, 0.29) is 24.3 Å². The molecule has 4 rings (SSSR count). The van der Waals surface area contributed by atoms with E-state index in [1.165, 1.54) is 0 Å². The first-order valence-corrected chi connectivity index (χ1v) is 10.5. The number of aromatic nitrogens is 2. The first kappa shape index (κ1) is 20.3. The second kappa shape index (κ2) is 8.83. The number of rotatable bonds is 7. The molecule has 2 aromatic rings. The number of likely N-dealkylation sites (tertiary alicyclic amines) is 1. The number of fused-ring (bicyclic) bond motifs is 1. The van der Waals surface area contributed by atoms with Crippen LogP contribution >= 0.6 is 0 Å². The smallest absolute Gasteiger partial charge is 0.316 e. The van der Waals surface area contributed by atoms with Crippen molar-refractivity contribution in [3.05, 3.63) is 24.1 Å². The molecule has 1 aromatic heterocycles. The van der Waals surface area contributed by atoms with Gasteiger partial charge in [-0.1, -0.05) is 19.0 Å². The van der Waals surface area contributed by atoms with Crippen LogP contribution in [0.1, 0.15) is 43.8 Å². The van der Waals surface area contributed by atoms with Gasteiger partial charge in [0.15, 0.2) is 6.61 Å². The fourth-order valence-corrected chi connectivity index (χ4v) is 4.07. The van der Waals surface area contributed by atoms with Crippen molar-refractivity contribution in [1.82, 2.24) is 20.4 Å². The van der Waals surface area contributed by atoms with Crippen LogP contribution in [0.5, 0.6) is 5.75 Å². The predicted molar refractivity (Wildman–Crippen MR) is 110 cm³/mol. The van der Waals surface area contributed by atoms with Gasteiger partial charge in [0.1, 0.15) is 5.75 Å². The number of anilines is 1. The van der Waals surface area contributed by atoms with Gasteiger partial charge in [0.25, 0.3) is 5.91 Å². The molecule has 160 valence electrons. The fourth-order valence-electron chi connectivity index (χ4n) is 4.07. The maximum Gasteiger partial charge on any atom is 0.316 e. The summed E-state index contributed by atoms with van der Waals surface area (Å²) >= 11 is 0. The van der Waals surface area contributed by atoms with Crippen molar-refractivity contribution in [3.8, 4) is 17.1 Å². The lowest BCUT2D eigenvalue weighted by atomic mass is 10.1. The molecule has 1 aromatic carbocycles. The van der Waals surface area contributed by atoms with E-state index in [0.717, 1.165) is 38.0 Å². The van der Waals surface area contributed by atoms with Gasteiger partial charge in [-0.25, -0.2) is 0 Å². The van der Waals surface area contributed by atoms with Crippen LogP contribution < -0.4 is 15.0 Å². The predicted octanol–water partition coefficient (Wildman–Crippen LogP) is 2.09. The quantitative estimate of drug-likeness (QED) is 0.742. The molecule has 1 saturated heterocycles. The zero-order valence-corrected chi connectivity index (χ0v) is 17.4. The van der Waals surface area contributed by atoms with Gasteiger partial charge in [0.2, 0.25) is 5.82 Å². The van der Waals surface area contributed by atoms with E-state index in [1.807, 2.05) is 13.0 Å². The van der Waals surface area contributed by atoms with Crippen molar-refractivity contribution >= 4 is 17.5 Å². The number of carbonyl (C=O) groups excluding carboxylic acids is 2. The molecule has 9 heteroatoms. The summed E-state index contributed by atoms with van der Waals surface area (Å²) in [5, 5.41) is 6.84. The highest BCUT2D eigenvalue weighted by molar-refractivity contribution is 5.98. The van der Waals surface area contributed by atoms with Crippen molar-refractivity contribution in [2.24, 2.45) is 0 Å². The Morgan fingerprint density at radius 1 is 1.33 bits per heavy atom. The third-order valence-electron chi connectivity index (χ3n) is 5.63. The third-order valence-corrected chi connectivity index (χ3v) is 5.63. The molecule has 1 unspecified atom stereocenters. The number of hydrogen-bond donors (Lipinski definition) is 1. The molecular formula is C21H27N5O4. The minimum atomic E-state index is -0.370. The summed E-state index contributed by atoms with van der Waals surface area (Å²) in [6.07, 6.45) is 3.09. The molecule has 1 N–H and O–H groups in total. The molecule has 1 fully saturated rings. The number of likely N-dealkylation sites (N-methyl/N-ethyl adjacent to an activating group) is 1. The summed E-state index contributed by atoms with van der Waals surface area (Å²) in [6.45, 7) is 7.41. The molecule has 2 amide bonds. The van der Waals surface area contributed by atoms with Gasteiger partial charge in [-0.2, -0.15) is 4.98 Å². The Morgan fingerprint density at radius 2 is 2.20 bits per heavy atom. The lowest BCUT2D eigenvalue weighted by molar-refractivity contribution is -0.121. The normalized spacial score (nSPS) is 18.9. The molecule has 0 saturated carbocycles. The van der Waals surface area contributed by atoms with Crippen LogP contribution in [0, 0.1) is 0 Å². The first-order chi connectivity index (χ1) is 14.6. The zero-order valence-electron chi connectivity index (χ0n) is 17.4. The number of amides is 2. The zero-order chi connectivity index (χ0) is 21.1. The monoisotopic (exact) mass is 413 g/mol. The highest BCUT2D eigenvalue weighted by Crippen LogP contribution is 2.35. The molecule has 0 radical (unpaired) electrons. The molecule has 0 aliphatic carbocycles. The van der Waals surface area contributed by atoms with E-state index in [1.54, 1.807) is 17.0 Å². The van der Waals surface area contributed by atoms with E-state index in [4.69, 9.17) is 9.26 Å². The maximum absolute atomic E-state index is 12.4. The highest BCUT2D eigenvalue weighted by Gasteiger charge is 2.27. The van der Waals surface area contributed by atoms with Crippen LogP contribution in [-0.2, 0) is 4.79 Å². The van der Waals surface area contributed by atoms with E-state index >= 15 is 0 Å². The number of ether oxygens (including phenoxy) is 1. The van der Waals surface area contributed by atoms with Crippen LogP contribution in [0.3, 0.4) is 0 Å². The maximum atomic E-state index is 12.4. The first-order valence-electron chi connectivity index (χ1n) is 10.5. The van der Waals surface area contributed by atoms with Crippen molar-refractivity contribution in [1.29, 1.82) is 0 Å². The highest BCUT2D eigenvalue weighted by atomic mass is 16.5. The minimum absolute atomic E-state index is 0.00625. The van der Waals surface area contributed by atoms with Crippen LogP contribution in [0.4, 0.5) is 5.69 Å². The number of carbonyl (C=O) groups is 2. The largest absolute Gasteiger partial charge is 0.482 e. The van der Waals surface area contributed by atoms with Crippen LogP contribution in [0.25, 0.3) is 11.4 Å². The number of benzene rings is 1. The number of nitrogens with one attached hydrogen (secondary N) is 1. The molecule has 0 bridgehead atoms. The van der Waals surface area contributed by atoms with Crippen LogP contribution in [0.15, 0.2) is 22.7 Å². The van der Waals surface area contributed by atoms with Gasteiger partial charge in [0.05, 0.1) is 5.69 Å². The number of hydrogen-bond acceptors (Lipinski definition) is 7. The molecule has 30 heavy (non-hydrogen) atoms. The molecular weight excluding hydrogens is 386 g/mol. The summed E-state index contributed by atoms with van der Waals surface area (Å²) in [4.78, 5) is 32.8. The Balaban J connectivity index is 1.45. The second-order valence-electron chi connectivity index (χ2n) is 7.57. The molecule has 9 nitrogen and oxygen atoms in total. The minimum Gasteiger partial charge on any atom is -0.482 e. The fraction of sp³-hybridized carbons (Fsp3) is 0.524. The molecule has 0 spiro atoms. The van der Waals surface area contributed by atoms with Crippen molar-refractivity contribution in [2.45, 2.75) is 39.2 Å². The van der Waals surface area contributed by atoms with Gasteiger partial charge in [-0.15, -0.1) is 0 Å². The Bertz CT molecular complexity index is 928. The van der Waals surface area contributed by atoms with E-state index < -0.39 is 0 Å². The second-order valence-corrected chi connectivity index (χ2v) is 7.57. The van der Waals surface area contributed by atoms with Gasteiger partial charge >= 0.3 is 11.8 Å². The Kier molecular flexibility index (Phi) is 5.98. The summed E-state index contributed by atoms with van der Waals surface area (Å²) in [5.41, 5.74) is 1.39.